The molecule has 4 rings (SSSR count). The Morgan fingerprint density at radius 1 is 1.20 bits per heavy atom. The number of carbonyl (C=O) groups excluding carboxylic acids is 1. The maximum Gasteiger partial charge on any atom is 0.223 e. The number of amides is 1. The van der Waals surface area contributed by atoms with Crippen LogP contribution in [0.15, 0.2) is 36.5 Å². The van der Waals surface area contributed by atoms with Gasteiger partial charge >= 0.3 is 0 Å². The number of piperazine rings is 1. The largest absolute Gasteiger partial charge is 0.368 e. The van der Waals surface area contributed by atoms with Gasteiger partial charge in [0.1, 0.15) is 0 Å². The fourth-order valence-electron chi connectivity index (χ4n) is 3.35. The van der Waals surface area contributed by atoms with E-state index in [0.29, 0.717) is 11.9 Å². The molecule has 4 nitrogen and oxygen atoms in total. The van der Waals surface area contributed by atoms with Gasteiger partial charge in [0.2, 0.25) is 5.91 Å². The van der Waals surface area contributed by atoms with Crippen LogP contribution in [-0.2, 0) is 4.79 Å². The quantitative estimate of drug-likeness (QED) is 0.793. The summed E-state index contributed by atoms with van der Waals surface area (Å²) >= 11 is 0. The van der Waals surface area contributed by atoms with E-state index in [1.54, 1.807) is 0 Å². The second-order valence-corrected chi connectivity index (χ2v) is 5.61. The van der Waals surface area contributed by atoms with Gasteiger partial charge in [0.25, 0.3) is 0 Å². The lowest BCUT2D eigenvalue weighted by Crippen LogP contribution is -2.51. The molecule has 20 heavy (non-hydrogen) atoms. The van der Waals surface area contributed by atoms with Crippen LogP contribution < -0.4 is 4.90 Å². The Bertz CT molecular complexity index is 670. The van der Waals surface area contributed by atoms with Gasteiger partial charge < -0.3 is 9.80 Å². The number of aromatic nitrogens is 1. The summed E-state index contributed by atoms with van der Waals surface area (Å²) in [6.07, 6.45) is 3.55. The Kier molecular flexibility index (Phi) is 2.62. The lowest BCUT2D eigenvalue weighted by atomic mass is 10.1. The summed E-state index contributed by atoms with van der Waals surface area (Å²) in [5.74, 6) is 0.329. The van der Waals surface area contributed by atoms with E-state index in [9.17, 15) is 4.79 Å². The summed E-state index contributed by atoms with van der Waals surface area (Å²) in [6.45, 7) is 2.72. The molecule has 0 bridgehead atoms. The first-order valence-corrected chi connectivity index (χ1v) is 7.20. The number of anilines is 1. The SMILES string of the molecule is O=C1CCC2CN(c3ccc4cccnc4c3)CCN12. The molecular weight excluding hydrogens is 250 g/mol. The molecule has 2 aliphatic heterocycles. The lowest BCUT2D eigenvalue weighted by Gasteiger charge is -2.38. The van der Waals surface area contributed by atoms with E-state index in [4.69, 9.17) is 0 Å². The smallest absolute Gasteiger partial charge is 0.223 e. The summed E-state index contributed by atoms with van der Waals surface area (Å²) in [4.78, 5) is 20.6. The lowest BCUT2D eigenvalue weighted by molar-refractivity contribution is -0.129. The molecule has 0 saturated carbocycles. The van der Waals surface area contributed by atoms with Gasteiger partial charge in [-0.15, -0.1) is 0 Å². The first kappa shape index (κ1) is 11.7. The molecule has 0 N–H and O–H groups in total. The molecule has 0 radical (unpaired) electrons. The minimum Gasteiger partial charge on any atom is -0.368 e. The van der Waals surface area contributed by atoms with E-state index in [1.165, 1.54) is 11.1 Å². The monoisotopic (exact) mass is 267 g/mol. The highest BCUT2D eigenvalue weighted by Crippen LogP contribution is 2.27. The Labute approximate surface area is 118 Å². The van der Waals surface area contributed by atoms with Crippen molar-refractivity contribution < 1.29 is 4.79 Å². The van der Waals surface area contributed by atoms with E-state index in [1.807, 2.05) is 12.3 Å². The van der Waals surface area contributed by atoms with E-state index < -0.39 is 0 Å². The molecule has 1 unspecified atom stereocenters. The van der Waals surface area contributed by atoms with Gasteiger partial charge in [0.05, 0.1) is 5.52 Å². The summed E-state index contributed by atoms with van der Waals surface area (Å²) in [7, 11) is 0. The number of benzene rings is 1. The van der Waals surface area contributed by atoms with E-state index in [-0.39, 0.29) is 0 Å². The van der Waals surface area contributed by atoms with Gasteiger partial charge in [-0.2, -0.15) is 0 Å². The molecule has 1 amide bonds. The zero-order valence-corrected chi connectivity index (χ0v) is 11.3. The normalized spacial score (nSPS) is 22.4. The van der Waals surface area contributed by atoms with Crippen molar-refractivity contribution in [2.45, 2.75) is 18.9 Å². The van der Waals surface area contributed by atoms with Crippen molar-refractivity contribution >= 4 is 22.5 Å². The van der Waals surface area contributed by atoms with Crippen molar-refractivity contribution in [1.29, 1.82) is 0 Å². The van der Waals surface area contributed by atoms with E-state index in [0.717, 1.165) is 38.0 Å². The standard InChI is InChI=1S/C16H17N3O/c20-16-6-5-14-11-18(8-9-19(14)16)13-4-3-12-2-1-7-17-15(12)10-13/h1-4,7,10,14H,5-6,8-9,11H2. The van der Waals surface area contributed by atoms with Crippen molar-refractivity contribution in [3.05, 3.63) is 36.5 Å². The van der Waals surface area contributed by atoms with Gasteiger partial charge in [0.15, 0.2) is 0 Å². The zero-order chi connectivity index (χ0) is 13.5. The average Bonchev–Trinajstić information content (AvgIpc) is 2.88. The highest BCUT2D eigenvalue weighted by molar-refractivity contribution is 5.82. The maximum atomic E-state index is 11.7. The zero-order valence-electron chi connectivity index (χ0n) is 11.3. The molecule has 2 saturated heterocycles. The van der Waals surface area contributed by atoms with E-state index >= 15 is 0 Å². The fourth-order valence-corrected chi connectivity index (χ4v) is 3.35. The predicted octanol–water partition coefficient (Wildman–Crippen LogP) is 2.05. The summed E-state index contributed by atoms with van der Waals surface area (Å²) < 4.78 is 0. The van der Waals surface area contributed by atoms with Crippen molar-refractivity contribution in [2.24, 2.45) is 0 Å². The van der Waals surface area contributed by atoms with Gasteiger partial charge in [-0.3, -0.25) is 9.78 Å². The van der Waals surface area contributed by atoms with Crippen molar-refractivity contribution in [1.82, 2.24) is 9.88 Å². The molecule has 0 spiro atoms. The second-order valence-electron chi connectivity index (χ2n) is 5.61. The number of nitrogens with zero attached hydrogens (tertiary/aromatic N) is 3. The second kappa shape index (κ2) is 4.47. The van der Waals surface area contributed by atoms with Crippen LogP contribution >= 0.6 is 0 Å². The minimum absolute atomic E-state index is 0.329. The first-order valence-electron chi connectivity index (χ1n) is 7.20. The summed E-state index contributed by atoms with van der Waals surface area (Å²) in [5, 5.41) is 1.17. The Morgan fingerprint density at radius 2 is 2.15 bits per heavy atom. The minimum atomic E-state index is 0.329. The Balaban J connectivity index is 1.62. The third-order valence-corrected chi connectivity index (χ3v) is 4.45. The summed E-state index contributed by atoms with van der Waals surface area (Å²) in [6, 6.07) is 10.9. The molecule has 4 heteroatoms. The summed E-state index contributed by atoms with van der Waals surface area (Å²) in [5.41, 5.74) is 2.25. The molecule has 0 aliphatic carbocycles. The third kappa shape index (κ3) is 1.83. The number of fused-ring (bicyclic) bond motifs is 2. The number of hydrogen-bond donors (Lipinski definition) is 0. The molecule has 2 fully saturated rings. The van der Waals surface area contributed by atoms with Crippen LogP contribution in [0.1, 0.15) is 12.8 Å². The number of carbonyl (C=O) groups is 1. The maximum absolute atomic E-state index is 11.7. The van der Waals surface area contributed by atoms with Gasteiger partial charge in [-0.05, 0) is 24.6 Å². The van der Waals surface area contributed by atoms with Crippen LogP contribution in [0.5, 0.6) is 0 Å². The third-order valence-electron chi connectivity index (χ3n) is 4.45. The predicted molar refractivity (Wildman–Crippen MR) is 78.7 cm³/mol. The first-order chi connectivity index (χ1) is 9.81. The number of rotatable bonds is 1. The van der Waals surface area contributed by atoms with Crippen LogP contribution in [0, 0.1) is 0 Å². The highest BCUT2D eigenvalue weighted by atomic mass is 16.2. The highest BCUT2D eigenvalue weighted by Gasteiger charge is 2.35. The molecule has 2 aromatic rings. The topological polar surface area (TPSA) is 36.4 Å². The van der Waals surface area contributed by atoms with Crippen molar-refractivity contribution in [3.63, 3.8) is 0 Å². The Morgan fingerprint density at radius 3 is 3.10 bits per heavy atom. The van der Waals surface area contributed by atoms with Crippen molar-refractivity contribution in [3.8, 4) is 0 Å². The molecule has 102 valence electrons. The van der Waals surface area contributed by atoms with Crippen LogP contribution in [0.2, 0.25) is 0 Å². The molecule has 1 aromatic heterocycles. The molecule has 3 heterocycles. The number of hydrogen-bond acceptors (Lipinski definition) is 3. The van der Waals surface area contributed by atoms with Gasteiger partial charge in [0, 0.05) is 49.4 Å². The molecular formula is C16H17N3O. The average molecular weight is 267 g/mol. The Hall–Kier alpha value is -2.10. The van der Waals surface area contributed by atoms with Crippen LogP contribution in [0.3, 0.4) is 0 Å². The van der Waals surface area contributed by atoms with Crippen LogP contribution in [0.4, 0.5) is 5.69 Å². The molecule has 1 aromatic carbocycles. The van der Waals surface area contributed by atoms with E-state index in [2.05, 4.69) is 39.0 Å². The van der Waals surface area contributed by atoms with Crippen LogP contribution in [-0.4, -0.2) is 41.5 Å². The van der Waals surface area contributed by atoms with Gasteiger partial charge in [-0.25, -0.2) is 0 Å². The van der Waals surface area contributed by atoms with Gasteiger partial charge in [-0.1, -0.05) is 12.1 Å². The molecule has 1 atom stereocenters. The molecule has 2 aliphatic rings. The number of pyridine rings is 1. The van der Waals surface area contributed by atoms with Crippen molar-refractivity contribution in [2.75, 3.05) is 24.5 Å². The van der Waals surface area contributed by atoms with Crippen LogP contribution in [0.25, 0.3) is 10.9 Å². The fraction of sp³-hybridized carbons (Fsp3) is 0.375.